The third-order valence-corrected chi connectivity index (χ3v) is 4.10. The van der Waals surface area contributed by atoms with Crippen molar-refractivity contribution in [3.05, 3.63) is 48.0 Å². The molecule has 1 atom stereocenters. The smallest absolute Gasteiger partial charge is 0.244 e. The monoisotopic (exact) mass is 401 g/mol. The number of methoxy groups -OCH3 is 4. The second-order valence-corrected chi connectivity index (χ2v) is 6.15. The summed E-state index contributed by atoms with van der Waals surface area (Å²) in [5.41, 5.74) is 0.697. The molecule has 0 aliphatic carbocycles. The first-order valence-electron chi connectivity index (χ1n) is 9.06. The average molecular weight is 401 g/mol. The van der Waals surface area contributed by atoms with Gasteiger partial charge in [-0.05, 0) is 49.4 Å². The Morgan fingerprint density at radius 2 is 1.55 bits per heavy atom. The minimum atomic E-state index is -0.243. The first kappa shape index (κ1) is 21.9. The Morgan fingerprint density at radius 3 is 2.14 bits per heavy atom. The second-order valence-electron chi connectivity index (χ2n) is 6.15. The summed E-state index contributed by atoms with van der Waals surface area (Å²) in [6, 6.07) is 10.6. The number of hydrogen-bond acceptors (Lipinski definition) is 6. The second kappa shape index (κ2) is 10.8. The molecule has 0 bridgehead atoms. The van der Waals surface area contributed by atoms with Crippen LogP contribution in [0.5, 0.6) is 28.7 Å². The van der Waals surface area contributed by atoms with Crippen molar-refractivity contribution in [3.8, 4) is 28.7 Å². The van der Waals surface area contributed by atoms with Gasteiger partial charge in [-0.3, -0.25) is 4.79 Å². The van der Waals surface area contributed by atoms with Crippen LogP contribution in [0.4, 0.5) is 0 Å². The Morgan fingerprint density at radius 1 is 0.897 bits per heavy atom. The van der Waals surface area contributed by atoms with E-state index in [2.05, 4.69) is 5.32 Å². The molecule has 0 aromatic heterocycles. The van der Waals surface area contributed by atoms with Gasteiger partial charge < -0.3 is 29.0 Å². The molecule has 0 heterocycles. The first-order chi connectivity index (χ1) is 14.0. The van der Waals surface area contributed by atoms with Crippen LogP contribution in [0.3, 0.4) is 0 Å². The summed E-state index contributed by atoms with van der Waals surface area (Å²) in [5, 5.41) is 2.86. The quantitative estimate of drug-likeness (QED) is 0.616. The van der Waals surface area contributed by atoms with Crippen molar-refractivity contribution in [3.63, 3.8) is 0 Å². The summed E-state index contributed by atoms with van der Waals surface area (Å²) >= 11 is 0. The molecule has 7 heteroatoms. The Bertz CT molecular complexity index is 832. The summed E-state index contributed by atoms with van der Waals surface area (Å²) in [4.78, 5) is 12.2. The summed E-state index contributed by atoms with van der Waals surface area (Å²) in [6.07, 6.45) is 3.10. The normalized spacial score (nSPS) is 11.6. The average Bonchev–Trinajstić information content (AvgIpc) is 2.75. The van der Waals surface area contributed by atoms with Gasteiger partial charge in [-0.15, -0.1) is 0 Å². The Labute approximate surface area is 171 Å². The summed E-state index contributed by atoms with van der Waals surface area (Å²) in [5.74, 6) is 2.74. The van der Waals surface area contributed by atoms with E-state index in [9.17, 15) is 4.79 Å². The van der Waals surface area contributed by atoms with Crippen LogP contribution in [0.1, 0.15) is 12.5 Å². The molecule has 0 fully saturated rings. The molecule has 0 aliphatic rings. The van der Waals surface area contributed by atoms with Crippen LogP contribution in [-0.2, 0) is 4.79 Å². The third-order valence-electron chi connectivity index (χ3n) is 4.10. The zero-order chi connectivity index (χ0) is 21.2. The zero-order valence-corrected chi connectivity index (χ0v) is 17.4. The van der Waals surface area contributed by atoms with E-state index < -0.39 is 0 Å². The van der Waals surface area contributed by atoms with Gasteiger partial charge in [0.25, 0.3) is 0 Å². The van der Waals surface area contributed by atoms with E-state index in [0.717, 1.165) is 5.75 Å². The van der Waals surface area contributed by atoms with Crippen molar-refractivity contribution < 1.29 is 28.5 Å². The minimum Gasteiger partial charge on any atom is -0.497 e. The number of amides is 1. The van der Waals surface area contributed by atoms with Crippen molar-refractivity contribution in [2.45, 2.75) is 13.0 Å². The van der Waals surface area contributed by atoms with Crippen LogP contribution in [0.15, 0.2) is 42.5 Å². The fourth-order valence-corrected chi connectivity index (χ4v) is 2.65. The predicted octanol–water partition coefficient (Wildman–Crippen LogP) is 3.32. The highest BCUT2D eigenvalue weighted by atomic mass is 16.5. The van der Waals surface area contributed by atoms with Crippen molar-refractivity contribution in [2.75, 3.05) is 35.0 Å². The van der Waals surface area contributed by atoms with Crippen LogP contribution in [0.2, 0.25) is 0 Å². The summed E-state index contributed by atoms with van der Waals surface area (Å²) in [6.45, 7) is 2.21. The molecule has 2 aromatic carbocycles. The summed E-state index contributed by atoms with van der Waals surface area (Å²) < 4.78 is 26.8. The van der Waals surface area contributed by atoms with E-state index in [4.69, 9.17) is 23.7 Å². The van der Waals surface area contributed by atoms with Crippen molar-refractivity contribution in [1.82, 2.24) is 5.32 Å². The van der Waals surface area contributed by atoms with Crippen LogP contribution < -0.4 is 29.0 Å². The summed E-state index contributed by atoms with van der Waals surface area (Å²) in [7, 11) is 6.23. The molecule has 0 radical (unpaired) electrons. The van der Waals surface area contributed by atoms with Crippen molar-refractivity contribution in [2.24, 2.45) is 0 Å². The van der Waals surface area contributed by atoms with E-state index in [1.807, 2.05) is 31.2 Å². The van der Waals surface area contributed by atoms with Gasteiger partial charge in [-0.2, -0.15) is 0 Å². The number of hydrogen-bond donors (Lipinski definition) is 1. The van der Waals surface area contributed by atoms with Gasteiger partial charge >= 0.3 is 0 Å². The molecule has 7 nitrogen and oxygen atoms in total. The Kier molecular flexibility index (Phi) is 8.21. The van der Waals surface area contributed by atoms with Crippen LogP contribution >= 0.6 is 0 Å². The van der Waals surface area contributed by atoms with Gasteiger partial charge in [0.15, 0.2) is 11.5 Å². The van der Waals surface area contributed by atoms with Gasteiger partial charge in [0.05, 0.1) is 34.5 Å². The fourth-order valence-electron chi connectivity index (χ4n) is 2.65. The number of nitrogens with one attached hydrogen (secondary N) is 1. The zero-order valence-electron chi connectivity index (χ0n) is 17.4. The molecule has 0 saturated heterocycles. The number of rotatable bonds is 10. The fraction of sp³-hybridized carbons (Fsp3) is 0.318. The van der Waals surface area contributed by atoms with Crippen LogP contribution in [0.25, 0.3) is 6.08 Å². The highest BCUT2D eigenvalue weighted by molar-refractivity contribution is 5.92. The van der Waals surface area contributed by atoms with E-state index in [1.54, 1.807) is 32.4 Å². The van der Waals surface area contributed by atoms with Crippen molar-refractivity contribution >= 4 is 12.0 Å². The van der Waals surface area contributed by atoms with Gasteiger partial charge in [0, 0.05) is 11.6 Å². The van der Waals surface area contributed by atoms with Gasteiger partial charge in [-0.1, -0.05) is 0 Å². The van der Waals surface area contributed by atoms with Crippen LogP contribution in [0, 0.1) is 0 Å². The Hall–Kier alpha value is -3.35. The molecule has 1 N–H and O–H groups in total. The lowest BCUT2D eigenvalue weighted by atomic mass is 10.1. The molecule has 2 aromatic rings. The topological polar surface area (TPSA) is 75.3 Å². The molecule has 0 aliphatic heterocycles. The SMILES string of the molecule is COc1ccc(OCC(C)NC(=O)/C=C/c2ccc(OC)c(OC)c2OC)cc1. The maximum atomic E-state index is 12.2. The van der Waals surface area contributed by atoms with E-state index >= 15 is 0 Å². The molecular weight excluding hydrogens is 374 g/mol. The molecule has 0 saturated carbocycles. The first-order valence-corrected chi connectivity index (χ1v) is 9.06. The van der Waals surface area contributed by atoms with E-state index in [0.29, 0.717) is 35.2 Å². The maximum Gasteiger partial charge on any atom is 0.244 e. The predicted molar refractivity (Wildman–Crippen MR) is 111 cm³/mol. The highest BCUT2D eigenvalue weighted by Gasteiger charge is 2.14. The lowest BCUT2D eigenvalue weighted by molar-refractivity contribution is -0.117. The van der Waals surface area contributed by atoms with Crippen LogP contribution in [-0.4, -0.2) is 47.0 Å². The number of ether oxygens (including phenoxy) is 5. The molecular formula is C22H27NO6. The van der Waals surface area contributed by atoms with E-state index in [-0.39, 0.29) is 11.9 Å². The minimum absolute atomic E-state index is 0.179. The largest absolute Gasteiger partial charge is 0.497 e. The standard InChI is InChI=1S/C22H27NO6/c1-15(14-29-18-10-8-17(25-2)9-11-18)23-20(24)13-7-16-6-12-19(26-3)22(28-5)21(16)27-4/h6-13,15H,14H2,1-5H3,(H,23,24)/b13-7+. The molecule has 1 amide bonds. The molecule has 156 valence electrons. The lowest BCUT2D eigenvalue weighted by Gasteiger charge is -2.15. The molecule has 0 spiro atoms. The number of carbonyl (C=O) groups excluding carboxylic acids is 1. The molecule has 1 unspecified atom stereocenters. The third kappa shape index (κ3) is 6.07. The van der Waals surface area contributed by atoms with Gasteiger partial charge in [0.2, 0.25) is 11.7 Å². The Balaban J connectivity index is 1.94. The van der Waals surface area contributed by atoms with Gasteiger partial charge in [-0.25, -0.2) is 0 Å². The highest BCUT2D eigenvalue weighted by Crippen LogP contribution is 2.40. The van der Waals surface area contributed by atoms with Crippen molar-refractivity contribution in [1.29, 1.82) is 0 Å². The molecule has 29 heavy (non-hydrogen) atoms. The van der Waals surface area contributed by atoms with E-state index in [1.165, 1.54) is 20.3 Å². The maximum absolute atomic E-state index is 12.2. The molecule has 2 rings (SSSR count). The van der Waals surface area contributed by atoms with Gasteiger partial charge in [0.1, 0.15) is 18.1 Å². The number of benzene rings is 2. The lowest BCUT2D eigenvalue weighted by Crippen LogP contribution is -2.35. The number of carbonyl (C=O) groups is 1.